The number of rotatable bonds is 13. The molecule has 0 saturated carbocycles. The topological polar surface area (TPSA) is 95.2 Å². The first-order chi connectivity index (χ1) is 11.1. The minimum absolute atomic E-state index is 0.149. The van der Waals surface area contributed by atoms with E-state index in [1.807, 2.05) is 0 Å². The summed E-state index contributed by atoms with van der Waals surface area (Å²) in [7, 11) is 0. The molecule has 0 spiro atoms. The van der Waals surface area contributed by atoms with Gasteiger partial charge in [-0.05, 0) is 13.3 Å². The second kappa shape index (κ2) is 11.6. The summed E-state index contributed by atoms with van der Waals surface area (Å²) in [5, 5.41) is 19.4. The largest absolute Gasteiger partial charge is 0.390 e. The predicted molar refractivity (Wildman–Crippen MR) is 94.1 cm³/mol. The van der Waals surface area contributed by atoms with E-state index in [9.17, 15) is 10.2 Å². The molecule has 5 heteroatoms. The Morgan fingerprint density at radius 3 is 2.13 bits per heavy atom. The summed E-state index contributed by atoms with van der Waals surface area (Å²) >= 11 is 0. The first kappa shape index (κ1) is 20.1. The number of nitrogens with zero attached hydrogens (tertiary/aromatic N) is 1. The highest BCUT2D eigenvalue weighted by Crippen LogP contribution is 2.19. The van der Waals surface area contributed by atoms with Crippen molar-refractivity contribution in [1.29, 1.82) is 0 Å². The summed E-state index contributed by atoms with van der Waals surface area (Å²) in [4.78, 5) is 7.54. The van der Waals surface area contributed by atoms with Gasteiger partial charge >= 0.3 is 0 Å². The lowest BCUT2D eigenvalue weighted by molar-refractivity contribution is 0.145. The number of aryl methyl sites for hydroxylation is 1. The fraction of sp³-hybridized carbons (Fsp3) is 0.833. The van der Waals surface area contributed by atoms with E-state index in [1.165, 1.54) is 51.4 Å². The van der Waals surface area contributed by atoms with Crippen molar-refractivity contribution < 1.29 is 10.2 Å². The molecule has 1 aromatic rings. The van der Waals surface area contributed by atoms with Crippen LogP contribution in [-0.4, -0.2) is 26.2 Å². The van der Waals surface area contributed by atoms with Gasteiger partial charge in [0.05, 0.1) is 18.0 Å². The number of unbranched alkanes of at least 4 members (excludes halogenated alkanes) is 8. The third kappa shape index (κ3) is 7.46. The zero-order chi connectivity index (χ0) is 17.1. The number of hydrogen-bond acceptors (Lipinski definition) is 4. The normalized spacial score (nSPS) is 14.1. The Balaban J connectivity index is 2.25. The van der Waals surface area contributed by atoms with Gasteiger partial charge in [0.2, 0.25) is 0 Å². The molecule has 0 saturated heterocycles. The summed E-state index contributed by atoms with van der Waals surface area (Å²) in [5.41, 5.74) is 6.79. The van der Waals surface area contributed by atoms with E-state index < -0.39 is 12.1 Å². The standard InChI is InChI=1S/C18H35N3O2/c1-3-4-5-6-7-8-9-10-11-12-16-20-15(13-22)17(21-16)18(23)14(2)19/h14,18,22-23H,3-13,19H2,1-2H3,(H,20,21). The first-order valence-corrected chi connectivity index (χ1v) is 9.22. The summed E-state index contributed by atoms with van der Waals surface area (Å²) in [6, 6.07) is -0.399. The number of aromatic amines is 1. The van der Waals surface area contributed by atoms with Crippen molar-refractivity contribution in [3.05, 3.63) is 17.2 Å². The molecule has 2 atom stereocenters. The maximum absolute atomic E-state index is 10.0. The Labute approximate surface area is 140 Å². The van der Waals surface area contributed by atoms with Crippen molar-refractivity contribution in [2.75, 3.05) is 0 Å². The lowest BCUT2D eigenvalue weighted by Crippen LogP contribution is -2.25. The highest BCUT2D eigenvalue weighted by Gasteiger charge is 2.20. The predicted octanol–water partition coefficient (Wildman–Crippen LogP) is 3.36. The zero-order valence-electron chi connectivity index (χ0n) is 14.9. The van der Waals surface area contributed by atoms with Crippen LogP contribution in [0.2, 0.25) is 0 Å². The van der Waals surface area contributed by atoms with Crippen LogP contribution in [0, 0.1) is 0 Å². The van der Waals surface area contributed by atoms with Crippen LogP contribution in [0.5, 0.6) is 0 Å². The summed E-state index contributed by atoms with van der Waals surface area (Å²) < 4.78 is 0. The molecule has 0 aromatic carbocycles. The van der Waals surface area contributed by atoms with Gasteiger partial charge in [-0.3, -0.25) is 0 Å². The molecule has 1 heterocycles. The third-order valence-electron chi connectivity index (χ3n) is 4.31. The molecule has 23 heavy (non-hydrogen) atoms. The lowest BCUT2D eigenvalue weighted by Gasteiger charge is -2.12. The fourth-order valence-corrected chi connectivity index (χ4v) is 2.81. The zero-order valence-corrected chi connectivity index (χ0v) is 14.9. The molecule has 5 nitrogen and oxygen atoms in total. The van der Waals surface area contributed by atoms with Gasteiger partial charge < -0.3 is 20.9 Å². The smallest absolute Gasteiger partial charge is 0.113 e. The number of hydrogen-bond donors (Lipinski definition) is 4. The highest BCUT2D eigenvalue weighted by atomic mass is 16.3. The average Bonchev–Trinajstić information content (AvgIpc) is 2.95. The van der Waals surface area contributed by atoms with E-state index in [-0.39, 0.29) is 6.61 Å². The number of aromatic nitrogens is 2. The van der Waals surface area contributed by atoms with Crippen LogP contribution >= 0.6 is 0 Å². The Bertz CT molecular complexity index is 418. The molecule has 0 bridgehead atoms. The van der Waals surface area contributed by atoms with E-state index in [2.05, 4.69) is 16.9 Å². The Kier molecular flexibility index (Phi) is 10.2. The van der Waals surface area contributed by atoms with Gasteiger partial charge in [0.25, 0.3) is 0 Å². The number of nitrogens with one attached hydrogen (secondary N) is 1. The number of aliphatic hydroxyl groups is 2. The van der Waals surface area contributed by atoms with E-state index >= 15 is 0 Å². The summed E-state index contributed by atoms with van der Waals surface area (Å²) in [6.45, 7) is 3.83. The van der Waals surface area contributed by atoms with Gasteiger partial charge in [-0.2, -0.15) is 0 Å². The molecule has 1 aromatic heterocycles. The van der Waals surface area contributed by atoms with Crippen LogP contribution in [0.15, 0.2) is 0 Å². The Morgan fingerprint density at radius 2 is 1.61 bits per heavy atom. The maximum atomic E-state index is 10.0. The lowest BCUT2D eigenvalue weighted by atomic mass is 10.1. The average molecular weight is 325 g/mol. The van der Waals surface area contributed by atoms with Gasteiger partial charge in [0.1, 0.15) is 11.9 Å². The molecule has 5 N–H and O–H groups in total. The van der Waals surface area contributed by atoms with Crippen LogP contribution in [0.3, 0.4) is 0 Å². The maximum Gasteiger partial charge on any atom is 0.113 e. The van der Waals surface area contributed by atoms with E-state index in [1.54, 1.807) is 6.92 Å². The van der Waals surface area contributed by atoms with Gasteiger partial charge in [-0.15, -0.1) is 0 Å². The summed E-state index contributed by atoms with van der Waals surface area (Å²) in [5.74, 6) is 0.840. The van der Waals surface area contributed by atoms with Crippen LogP contribution in [0.4, 0.5) is 0 Å². The van der Waals surface area contributed by atoms with Crippen molar-refractivity contribution in [2.45, 2.75) is 96.8 Å². The number of H-pyrrole nitrogens is 1. The molecule has 134 valence electrons. The Hall–Kier alpha value is -0.910. The van der Waals surface area contributed by atoms with Gasteiger partial charge in [-0.25, -0.2) is 4.98 Å². The van der Waals surface area contributed by atoms with Crippen LogP contribution in [-0.2, 0) is 13.0 Å². The monoisotopic (exact) mass is 325 g/mol. The van der Waals surface area contributed by atoms with Crippen molar-refractivity contribution in [1.82, 2.24) is 9.97 Å². The van der Waals surface area contributed by atoms with E-state index in [4.69, 9.17) is 5.73 Å². The molecule has 0 amide bonds. The minimum atomic E-state index is -0.828. The number of imidazole rings is 1. The fourth-order valence-electron chi connectivity index (χ4n) is 2.81. The van der Waals surface area contributed by atoms with Gasteiger partial charge in [-0.1, -0.05) is 58.3 Å². The minimum Gasteiger partial charge on any atom is -0.390 e. The molecule has 0 aliphatic carbocycles. The first-order valence-electron chi connectivity index (χ1n) is 9.22. The van der Waals surface area contributed by atoms with E-state index in [0.717, 1.165) is 18.7 Å². The van der Waals surface area contributed by atoms with Crippen molar-refractivity contribution in [2.24, 2.45) is 5.73 Å². The number of nitrogens with two attached hydrogens (primary N) is 1. The molecule has 0 radical (unpaired) electrons. The molecule has 0 aliphatic rings. The quantitative estimate of drug-likeness (QED) is 0.418. The molecular formula is C18H35N3O2. The van der Waals surface area contributed by atoms with Crippen molar-refractivity contribution in [3.8, 4) is 0 Å². The Morgan fingerprint density at radius 1 is 1.04 bits per heavy atom. The molecular weight excluding hydrogens is 290 g/mol. The highest BCUT2D eigenvalue weighted by molar-refractivity contribution is 5.18. The van der Waals surface area contributed by atoms with Crippen molar-refractivity contribution in [3.63, 3.8) is 0 Å². The molecule has 2 unspecified atom stereocenters. The van der Waals surface area contributed by atoms with Crippen LogP contribution < -0.4 is 5.73 Å². The van der Waals surface area contributed by atoms with Crippen molar-refractivity contribution >= 4 is 0 Å². The SMILES string of the molecule is CCCCCCCCCCCc1nc(C(O)C(C)N)c(CO)[nH]1. The molecule has 0 fully saturated rings. The third-order valence-corrected chi connectivity index (χ3v) is 4.31. The number of aliphatic hydroxyl groups excluding tert-OH is 2. The summed E-state index contributed by atoms with van der Waals surface area (Å²) in [6.07, 6.45) is 11.7. The van der Waals surface area contributed by atoms with Crippen LogP contribution in [0.1, 0.15) is 95.0 Å². The van der Waals surface area contributed by atoms with E-state index in [0.29, 0.717) is 11.4 Å². The second-order valence-corrected chi connectivity index (χ2v) is 6.59. The van der Waals surface area contributed by atoms with Gasteiger partial charge in [0.15, 0.2) is 0 Å². The second-order valence-electron chi connectivity index (χ2n) is 6.59. The molecule has 1 rings (SSSR count). The van der Waals surface area contributed by atoms with Crippen LogP contribution in [0.25, 0.3) is 0 Å². The van der Waals surface area contributed by atoms with Gasteiger partial charge in [0, 0.05) is 12.5 Å². The molecule has 0 aliphatic heterocycles.